The number of benzene rings is 2. The van der Waals surface area contributed by atoms with E-state index in [4.69, 9.17) is 4.42 Å². The van der Waals surface area contributed by atoms with Gasteiger partial charge < -0.3 is 14.8 Å². The van der Waals surface area contributed by atoms with Gasteiger partial charge >= 0.3 is 0 Å². The van der Waals surface area contributed by atoms with Crippen molar-refractivity contribution in [2.45, 2.75) is 31.6 Å². The third-order valence-corrected chi connectivity index (χ3v) is 6.96. The Hall–Kier alpha value is -3.31. The fourth-order valence-corrected chi connectivity index (χ4v) is 4.68. The van der Waals surface area contributed by atoms with E-state index in [2.05, 4.69) is 10.3 Å². The SMILES string of the molecule is CCN(CC)S(=O)(=O)c1ccc(O)c(NC(=O)CCc2ncc(-c3c(F)cccc3F)o2)c1. The van der Waals surface area contributed by atoms with E-state index in [-0.39, 0.29) is 59.5 Å². The van der Waals surface area contributed by atoms with Crippen molar-refractivity contribution in [3.63, 3.8) is 0 Å². The van der Waals surface area contributed by atoms with Crippen molar-refractivity contribution in [3.8, 4) is 17.1 Å². The van der Waals surface area contributed by atoms with Crippen molar-refractivity contribution in [1.29, 1.82) is 0 Å². The molecule has 3 aromatic rings. The highest BCUT2D eigenvalue weighted by Gasteiger charge is 2.23. The molecule has 0 spiro atoms. The molecule has 3 rings (SSSR count). The number of hydrogen-bond acceptors (Lipinski definition) is 6. The van der Waals surface area contributed by atoms with Crippen LogP contribution in [-0.2, 0) is 21.2 Å². The number of aromatic hydroxyl groups is 1. The number of carbonyl (C=O) groups is 1. The molecule has 0 aliphatic carbocycles. The average Bonchev–Trinajstić information content (AvgIpc) is 3.23. The van der Waals surface area contributed by atoms with Gasteiger partial charge in [-0.25, -0.2) is 22.2 Å². The third-order valence-electron chi connectivity index (χ3n) is 4.91. The number of aromatic nitrogens is 1. The molecule has 1 aromatic heterocycles. The fourth-order valence-electron chi connectivity index (χ4n) is 3.20. The number of phenols is 1. The normalized spacial score (nSPS) is 11.7. The Bertz CT molecular complexity index is 1240. The van der Waals surface area contributed by atoms with Gasteiger partial charge in [0, 0.05) is 25.9 Å². The highest BCUT2D eigenvalue weighted by atomic mass is 32.2. The smallest absolute Gasteiger partial charge is 0.243 e. The van der Waals surface area contributed by atoms with Crippen LogP contribution < -0.4 is 5.32 Å². The molecule has 0 saturated heterocycles. The highest BCUT2D eigenvalue weighted by Crippen LogP contribution is 2.29. The second-order valence-corrected chi connectivity index (χ2v) is 8.97. The van der Waals surface area contributed by atoms with Gasteiger partial charge in [-0.1, -0.05) is 19.9 Å². The summed E-state index contributed by atoms with van der Waals surface area (Å²) < 4.78 is 59.8. The monoisotopic (exact) mass is 479 g/mol. The van der Waals surface area contributed by atoms with Crippen molar-refractivity contribution in [3.05, 3.63) is 60.1 Å². The predicted octanol–water partition coefficient (Wildman–Crippen LogP) is 3.93. The first kappa shape index (κ1) is 24.3. The van der Waals surface area contributed by atoms with E-state index in [0.717, 1.165) is 12.1 Å². The number of halogens is 2. The number of anilines is 1. The predicted molar refractivity (Wildman–Crippen MR) is 117 cm³/mol. The third kappa shape index (κ3) is 5.37. The largest absolute Gasteiger partial charge is 0.506 e. The maximum absolute atomic E-state index is 13.9. The van der Waals surface area contributed by atoms with Gasteiger partial charge in [-0.05, 0) is 30.3 Å². The van der Waals surface area contributed by atoms with Crippen molar-refractivity contribution in [2.24, 2.45) is 0 Å². The Balaban J connectivity index is 1.69. The van der Waals surface area contributed by atoms with E-state index in [1.54, 1.807) is 13.8 Å². The first-order valence-corrected chi connectivity index (χ1v) is 11.6. The quantitative estimate of drug-likeness (QED) is 0.450. The molecule has 1 heterocycles. The molecule has 33 heavy (non-hydrogen) atoms. The molecule has 1 amide bonds. The highest BCUT2D eigenvalue weighted by molar-refractivity contribution is 7.89. The van der Waals surface area contributed by atoms with Crippen LogP contribution in [0, 0.1) is 11.6 Å². The number of phenolic OH excluding ortho intramolecular Hbond substituents is 1. The Labute approximate surface area is 189 Å². The van der Waals surface area contributed by atoms with Crippen LogP contribution in [0.25, 0.3) is 11.3 Å². The summed E-state index contributed by atoms with van der Waals surface area (Å²) in [4.78, 5) is 16.2. The number of nitrogens with one attached hydrogen (secondary N) is 1. The molecule has 0 aliphatic rings. The van der Waals surface area contributed by atoms with Crippen LogP contribution in [-0.4, -0.2) is 41.8 Å². The van der Waals surface area contributed by atoms with Crippen molar-refractivity contribution in [1.82, 2.24) is 9.29 Å². The summed E-state index contributed by atoms with van der Waals surface area (Å²) in [6.45, 7) is 3.96. The first-order chi connectivity index (χ1) is 15.7. The Morgan fingerprint density at radius 3 is 2.45 bits per heavy atom. The zero-order valence-corrected chi connectivity index (χ0v) is 18.8. The molecule has 0 atom stereocenters. The van der Waals surface area contributed by atoms with Crippen molar-refractivity contribution in [2.75, 3.05) is 18.4 Å². The average molecular weight is 480 g/mol. The van der Waals surface area contributed by atoms with Crippen LogP contribution in [0.1, 0.15) is 26.2 Å². The van der Waals surface area contributed by atoms with Crippen LogP contribution in [0.3, 0.4) is 0 Å². The molecule has 11 heteroatoms. The number of rotatable bonds is 9. The molecule has 0 bridgehead atoms. The summed E-state index contributed by atoms with van der Waals surface area (Å²) in [5, 5.41) is 12.5. The number of hydrogen-bond donors (Lipinski definition) is 2. The summed E-state index contributed by atoms with van der Waals surface area (Å²) in [6.07, 6.45) is 1.05. The van der Waals surface area contributed by atoms with E-state index < -0.39 is 27.6 Å². The molecule has 0 fully saturated rings. The first-order valence-electron chi connectivity index (χ1n) is 10.2. The lowest BCUT2D eigenvalue weighted by Gasteiger charge is -2.19. The zero-order chi connectivity index (χ0) is 24.2. The minimum Gasteiger partial charge on any atom is -0.506 e. The van der Waals surface area contributed by atoms with E-state index >= 15 is 0 Å². The minimum absolute atomic E-state index is 0.0140. The summed E-state index contributed by atoms with van der Waals surface area (Å²) >= 11 is 0. The van der Waals surface area contributed by atoms with Gasteiger partial charge in [0.15, 0.2) is 11.7 Å². The van der Waals surface area contributed by atoms with Crippen LogP contribution in [0.15, 0.2) is 51.9 Å². The molecule has 176 valence electrons. The minimum atomic E-state index is -3.78. The van der Waals surface area contributed by atoms with Gasteiger partial charge in [0.1, 0.15) is 17.4 Å². The van der Waals surface area contributed by atoms with E-state index in [1.807, 2.05) is 0 Å². The van der Waals surface area contributed by atoms with Gasteiger partial charge in [0.2, 0.25) is 15.9 Å². The topological polar surface area (TPSA) is 113 Å². The number of oxazole rings is 1. The number of aryl methyl sites for hydroxylation is 1. The summed E-state index contributed by atoms with van der Waals surface area (Å²) in [5.41, 5.74) is -0.411. The van der Waals surface area contributed by atoms with Crippen LogP contribution in [0.5, 0.6) is 5.75 Å². The van der Waals surface area contributed by atoms with Gasteiger partial charge in [0.25, 0.3) is 0 Å². The second-order valence-electron chi connectivity index (χ2n) is 7.03. The number of amides is 1. The van der Waals surface area contributed by atoms with Gasteiger partial charge in [-0.15, -0.1) is 0 Å². The maximum Gasteiger partial charge on any atom is 0.243 e. The molecule has 0 aliphatic heterocycles. The second kappa shape index (κ2) is 10.1. The lowest BCUT2D eigenvalue weighted by atomic mass is 10.1. The van der Waals surface area contributed by atoms with Crippen molar-refractivity contribution >= 4 is 21.6 Å². The Kier molecular flexibility index (Phi) is 7.44. The molecular weight excluding hydrogens is 456 g/mol. The van der Waals surface area contributed by atoms with Crippen LogP contribution in [0.4, 0.5) is 14.5 Å². The molecule has 8 nitrogen and oxygen atoms in total. The maximum atomic E-state index is 13.9. The van der Waals surface area contributed by atoms with Gasteiger partial charge in [0.05, 0.1) is 22.3 Å². The zero-order valence-electron chi connectivity index (χ0n) is 18.0. The molecule has 0 saturated carbocycles. The summed E-state index contributed by atoms with van der Waals surface area (Å²) in [7, 11) is -3.78. The Morgan fingerprint density at radius 1 is 1.15 bits per heavy atom. The van der Waals surface area contributed by atoms with Gasteiger partial charge in [-0.3, -0.25) is 4.79 Å². The van der Waals surface area contributed by atoms with E-state index in [0.29, 0.717) is 0 Å². The number of sulfonamides is 1. The van der Waals surface area contributed by atoms with Crippen molar-refractivity contribution < 1.29 is 31.5 Å². The van der Waals surface area contributed by atoms with E-state index in [1.165, 1.54) is 34.8 Å². The number of carbonyl (C=O) groups excluding carboxylic acids is 1. The number of nitrogens with zero attached hydrogens (tertiary/aromatic N) is 2. The van der Waals surface area contributed by atoms with E-state index in [9.17, 15) is 27.1 Å². The fraction of sp³-hybridized carbons (Fsp3) is 0.273. The molecule has 2 N–H and O–H groups in total. The molecule has 2 aromatic carbocycles. The molecule has 0 unspecified atom stereocenters. The van der Waals surface area contributed by atoms with Crippen LogP contribution in [0.2, 0.25) is 0 Å². The molecular formula is C22H23F2N3O5S. The lowest BCUT2D eigenvalue weighted by Crippen LogP contribution is -2.30. The lowest BCUT2D eigenvalue weighted by molar-refractivity contribution is -0.116. The summed E-state index contributed by atoms with van der Waals surface area (Å²) in [5.74, 6) is -2.46. The Morgan fingerprint density at radius 2 is 1.82 bits per heavy atom. The van der Waals surface area contributed by atoms with Crippen LogP contribution >= 0.6 is 0 Å². The molecule has 0 radical (unpaired) electrons. The summed E-state index contributed by atoms with van der Waals surface area (Å²) in [6, 6.07) is 7.05. The standard InChI is InChI=1S/C22H23F2N3O5S/c1-3-27(4-2)33(30,31)14-8-9-18(28)17(12-14)26-20(29)10-11-21-25-13-19(32-21)22-15(23)6-5-7-16(22)24/h5-9,12-13,28H,3-4,10-11H2,1-2H3,(H,26,29). The van der Waals surface area contributed by atoms with Gasteiger partial charge in [-0.2, -0.15) is 4.31 Å².